The number of amides is 1. The van der Waals surface area contributed by atoms with Gasteiger partial charge in [-0.1, -0.05) is 48.2 Å². The highest BCUT2D eigenvalue weighted by molar-refractivity contribution is 7.99. The average Bonchev–Trinajstić information content (AvgIpc) is 3.05. The Morgan fingerprint density at radius 1 is 1.19 bits per heavy atom. The lowest BCUT2D eigenvalue weighted by atomic mass is 10.1. The standard InChI is InChI=1S/C20H22N4O2S/c1-13(10-17-8-6-5-7-9-17)19-24(16(4)25)23-18(26-19)12-27-20-21-14(2)11-15(3)22-20/h5-11,19H,12H2,1-4H3/b13-10+. The molecule has 140 valence electrons. The van der Waals surface area contributed by atoms with Crippen LogP contribution in [0.4, 0.5) is 0 Å². The molecule has 0 saturated carbocycles. The molecule has 1 amide bonds. The van der Waals surface area contributed by atoms with E-state index in [1.807, 2.05) is 63.2 Å². The zero-order valence-electron chi connectivity index (χ0n) is 15.8. The van der Waals surface area contributed by atoms with Gasteiger partial charge in [-0.25, -0.2) is 9.97 Å². The highest BCUT2D eigenvalue weighted by atomic mass is 32.2. The van der Waals surface area contributed by atoms with E-state index in [9.17, 15) is 4.79 Å². The number of carbonyl (C=O) groups is 1. The summed E-state index contributed by atoms with van der Waals surface area (Å²) < 4.78 is 5.96. The molecular weight excluding hydrogens is 360 g/mol. The first-order valence-electron chi connectivity index (χ1n) is 8.64. The van der Waals surface area contributed by atoms with Crippen molar-refractivity contribution < 1.29 is 9.53 Å². The van der Waals surface area contributed by atoms with E-state index in [4.69, 9.17) is 4.74 Å². The van der Waals surface area contributed by atoms with Crippen LogP contribution >= 0.6 is 11.8 Å². The van der Waals surface area contributed by atoms with Crippen LogP contribution in [0.25, 0.3) is 6.08 Å². The van der Waals surface area contributed by atoms with E-state index in [0.717, 1.165) is 22.5 Å². The smallest absolute Gasteiger partial charge is 0.243 e. The molecule has 0 radical (unpaired) electrons. The number of ether oxygens (including phenoxy) is 1. The van der Waals surface area contributed by atoms with Gasteiger partial charge in [0.2, 0.25) is 18.0 Å². The molecule has 0 bridgehead atoms. The summed E-state index contributed by atoms with van der Waals surface area (Å²) in [5, 5.41) is 6.41. The van der Waals surface area contributed by atoms with E-state index in [2.05, 4.69) is 15.1 Å². The van der Waals surface area contributed by atoms with Gasteiger partial charge in [-0.3, -0.25) is 4.79 Å². The number of rotatable bonds is 5. The van der Waals surface area contributed by atoms with E-state index < -0.39 is 6.23 Å². The molecule has 1 aromatic carbocycles. The van der Waals surface area contributed by atoms with Crippen molar-refractivity contribution in [2.75, 3.05) is 5.75 Å². The van der Waals surface area contributed by atoms with Crippen molar-refractivity contribution in [3.8, 4) is 0 Å². The number of hydrogen-bond acceptors (Lipinski definition) is 6. The van der Waals surface area contributed by atoms with E-state index in [-0.39, 0.29) is 5.91 Å². The molecule has 1 aromatic heterocycles. The number of nitrogens with zero attached hydrogens (tertiary/aromatic N) is 4. The van der Waals surface area contributed by atoms with Gasteiger partial charge in [0.25, 0.3) is 0 Å². The second kappa shape index (κ2) is 8.35. The Balaban J connectivity index is 1.72. The van der Waals surface area contributed by atoms with Crippen molar-refractivity contribution in [3.05, 3.63) is 58.9 Å². The van der Waals surface area contributed by atoms with E-state index in [1.165, 1.54) is 23.7 Å². The maximum absolute atomic E-state index is 12.0. The summed E-state index contributed by atoms with van der Waals surface area (Å²) in [4.78, 5) is 20.8. The maximum atomic E-state index is 12.0. The van der Waals surface area contributed by atoms with Gasteiger partial charge in [0.05, 0.1) is 5.75 Å². The van der Waals surface area contributed by atoms with Crippen molar-refractivity contribution in [3.63, 3.8) is 0 Å². The number of aryl methyl sites for hydroxylation is 2. The van der Waals surface area contributed by atoms with Gasteiger partial charge in [0.1, 0.15) is 0 Å². The van der Waals surface area contributed by atoms with Gasteiger partial charge in [0, 0.05) is 18.3 Å². The summed E-state index contributed by atoms with van der Waals surface area (Å²) in [5.74, 6) is 0.786. The molecule has 0 saturated heterocycles. The number of aromatic nitrogens is 2. The third-order valence-corrected chi connectivity index (χ3v) is 4.71. The quantitative estimate of drug-likeness (QED) is 0.581. The number of hydrogen-bond donors (Lipinski definition) is 0. The van der Waals surface area contributed by atoms with Crippen LogP contribution in [0, 0.1) is 13.8 Å². The Hall–Kier alpha value is -2.67. The summed E-state index contributed by atoms with van der Waals surface area (Å²) in [6.45, 7) is 7.30. The lowest BCUT2D eigenvalue weighted by Gasteiger charge is -2.19. The molecule has 0 aliphatic carbocycles. The van der Waals surface area contributed by atoms with Crippen LogP contribution < -0.4 is 0 Å². The van der Waals surface area contributed by atoms with Crippen molar-refractivity contribution in [1.29, 1.82) is 0 Å². The third-order valence-electron chi connectivity index (χ3n) is 3.88. The Morgan fingerprint density at radius 2 is 1.85 bits per heavy atom. The average molecular weight is 382 g/mol. The van der Waals surface area contributed by atoms with Crippen LogP contribution in [0.15, 0.2) is 52.2 Å². The van der Waals surface area contributed by atoms with Crippen molar-refractivity contribution in [1.82, 2.24) is 15.0 Å². The van der Waals surface area contributed by atoms with Crippen LogP contribution in [-0.4, -0.2) is 38.8 Å². The molecule has 1 atom stereocenters. The van der Waals surface area contributed by atoms with E-state index >= 15 is 0 Å². The first-order valence-corrected chi connectivity index (χ1v) is 9.63. The zero-order chi connectivity index (χ0) is 19.4. The second-order valence-electron chi connectivity index (χ2n) is 6.35. The van der Waals surface area contributed by atoms with Crippen LogP contribution in [0.5, 0.6) is 0 Å². The fourth-order valence-corrected chi connectivity index (χ4v) is 3.52. The molecule has 27 heavy (non-hydrogen) atoms. The molecule has 0 N–H and O–H groups in total. The topological polar surface area (TPSA) is 67.7 Å². The van der Waals surface area contributed by atoms with Crippen molar-refractivity contribution >= 4 is 29.6 Å². The molecule has 2 heterocycles. The largest absolute Gasteiger partial charge is 0.449 e. The minimum absolute atomic E-state index is 0.163. The summed E-state index contributed by atoms with van der Waals surface area (Å²) >= 11 is 1.44. The molecule has 3 rings (SSSR count). The molecule has 1 aliphatic heterocycles. The Morgan fingerprint density at radius 3 is 2.48 bits per heavy atom. The fourth-order valence-electron chi connectivity index (χ4n) is 2.73. The number of carbonyl (C=O) groups excluding carboxylic acids is 1. The van der Waals surface area contributed by atoms with Crippen molar-refractivity contribution in [2.45, 2.75) is 39.1 Å². The Kier molecular flexibility index (Phi) is 5.91. The lowest BCUT2D eigenvalue weighted by molar-refractivity contribution is -0.133. The lowest BCUT2D eigenvalue weighted by Crippen LogP contribution is -2.33. The number of thioether (sulfide) groups is 1. The number of hydrazone groups is 1. The van der Waals surface area contributed by atoms with Gasteiger partial charge < -0.3 is 4.74 Å². The summed E-state index contributed by atoms with van der Waals surface area (Å²) in [6.07, 6.45) is 1.47. The predicted octanol–water partition coefficient (Wildman–Crippen LogP) is 3.81. The van der Waals surface area contributed by atoms with Gasteiger partial charge in [-0.2, -0.15) is 5.01 Å². The molecular formula is C20H22N4O2S. The predicted molar refractivity (Wildman–Crippen MR) is 107 cm³/mol. The first kappa shape index (κ1) is 19.1. The normalized spacial score (nSPS) is 16.9. The highest BCUT2D eigenvalue weighted by Crippen LogP contribution is 2.24. The SMILES string of the molecule is CC(=O)N1N=C(CSc2nc(C)cc(C)n2)OC1/C(C)=C/c1ccccc1. The molecule has 1 unspecified atom stereocenters. The Labute approximate surface area is 163 Å². The zero-order valence-corrected chi connectivity index (χ0v) is 16.7. The second-order valence-corrected chi connectivity index (χ2v) is 7.29. The van der Waals surface area contributed by atoms with Crippen molar-refractivity contribution in [2.24, 2.45) is 5.10 Å². The van der Waals surface area contributed by atoms with Crippen LogP contribution in [0.1, 0.15) is 30.8 Å². The molecule has 0 spiro atoms. The Bertz CT molecular complexity index is 876. The van der Waals surface area contributed by atoms with E-state index in [1.54, 1.807) is 0 Å². The minimum Gasteiger partial charge on any atom is -0.449 e. The van der Waals surface area contributed by atoms with Crippen LogP contribution in [0.2, 0.25) is 0 Å². The fraction of sp³-hybridized carbons (Fsp3) is 0.300. The summed E-state index contributed by atoms with van der Waals surface area (Å²) in [7, 11) is 0. The molecule has 2 aromatic rings. The van der Waals surface area contributed by atoms with Gasteiger partial charge in [-0.15, -0.1) is 5.10 Å². The highest BCUT2D eigenvalue weighted by Gasteiger charge is 2.32. The van der Waals surface area contributed by atoms with Gasteiger partial charge >= 0.3 is 0 Å². The van der Waals surface area contributed by atoms with Gasteiger partial charge in [-0.05, 0) is 38.0 Å². The summed E-state index contributed by atoms with van der Waals surface area (Å²) in [5.41, 5.74) is 3.80. The first-order chi connectivity index (χ1) is 12.9. The van der Waals surface area contributed by atoms with Gasteiger partial charge in [0.15, 0.2) is 5.16 Å². The van der Waals surface area contributed by atoms with Crippen LogP contribution in [0.3, 0.4) is 0 Å². The third kappa shape index (κ3) is 4.95. The molecule has 6 nitrogen and oxygen atoms in total. The molecule has 0 fully saturated rings. The monoisotopic (exact) mass is 382 g/mol. The van der Waals surface area contributed by atoms with E-state index in [0.29, 0.717) is 16.8 Å². The molecule has 1 aliphatic rings. The minimum atomic E-state index is -0.529. The van der Waals surface area contributed by atoms with Crippen LogP contribution in [-0.2, 0) is 9.53 Å². The maximum Gasteiger partial charge on any atom is 0.243 e. The number of benzene rings is 1. The summed E-state index contributed by atoms with van der Waals surface area (Å²) in [6, 6.07) is 11.9. The molecule has 7 heteroatoms.